The molecule has 3 rings (SSSR count). The van der Waals surface area contributed by atoms with Crippen LogP contribution in [0.5, 0.6) is 0 Å². The largest absolute Gasteiger partial charge is 0.353 e. The molecular weight excluding hydrogens is 220 g/mol. The summed E-state index contributed by atoms with van der Waals surface area (Å²) < 4.78 is 0. The second-order valence-electron chi connectivity index (χ2n) is 4.57. The summed E-state index contributed by atoms with van der Waals surface area (Å²) in [6, 6.07) is 2.07. The molecule has 1 amide bonds. The first-order chi connectivity index (χ1) is 7.79. The zero-order chi connectivity index (χ0) is 11.1. The number of fused-ring (bicyclic) bond motifs is 2. The molecule has 3 nitrogen and oxygen atoms in total. The highest BCUT2D eigenvalue weighted by atomic mass is 32.1. The van der Waals surface area contributed by atoms with Crippen LogP contribution >= 0.6 is 11.3 Å². The lowest BCUT2D eigenvalue weighted by atomic mass is 10.1. The predicted octanol–water partition coefficient (Wildman–Crippen LogP) is 2.54. The third-order valence-corrected chi connectivity index (χ3v) is 4.54. The second-order valence-corrected chi connectivity index (χ2v) is 5.49. The van der Waals surface area contributed by atoms with Crippen LogP contribution < -0.4 is 4.90 Å². The van der Waals surface area contributed by atoms with Crippen molar-refractivity contribution in [2.75, 3.05) is 18.5 Å². The summed E-state index contributed by atoms with van der Waals surface area (Å²) in [4.78, 5) is 17.6. The fraction of sp³-hybridized carbons (Fsp3) is 0.583. The third kappa shape index (κ3) is 1.36. The maximum absolute atomic E-state index is 12.3. The minimum Gasteiger partial charge on any atom is -0.353 e. The lowest BCUT2D eigenvalue weighted by Gasteiger charge is -2.41. The fourth-order valence-electron chi connectivity index (χ4n) is 2.76. The lowest BCUT2D eigenvalue weighted by Crippen LogP contribution is -2.52. The SMILES string of the molecule is CN1c2ccsc2C(=O)N2CCCCC[C@H]21. The Kier molecular flexibility index (Phi) is 2.39. The van der Waals surface area contributed by atoms with Crippen LogP contribution in [-0.2, 0) is 0 Å². The summed E-state index contributed by atoms with van der Waals surface area (Å²) >= 11 is 1.57. The van der Waals surface area contributed by atoms with E-state index in [1.54, 1.807) is 11.3 Å². The summed E-state index contributed by atoms with van der Waals surface area (Å²) in [7, 11) is 2.11. The van der Waals surface area contributed by atoms with Crippen molar-refractivity contribution in [2.45, 2.75) is 31.8 Å². The molecule has 1 aromatic rings. The van der Waals surface area contributed by atoms with Crippen LogP contribution in [0.4, 0.5) is 5.69 Å². The van der Waals surface area contributed by atoms with Crippen LogP contribution in [0.1, 0.15) is 35.4 Å². The van der Waals surface area contributed by atoms with E-state index in [0.29, 0.717) is 0 Å². The second kappa shape index (κ2) is 3.77. The molecule has 86 valence electrons. The van der Waals surface area contributed by atoms with E-state index in [0.717, 1.165) is 30.0 Å². The fourth-order valence-corrected chi connectivity index (χ4v) is 3.65. The smallest absolute Gasteiger partial charge is 0.267 e. The van der Waals surface area contributed by atoms with Crippen molar-refractivity contribution in [3.63, 3.8) is 0 Å². The van der Waals surface area contributed by atoms with E-state index in [1.807, 2.05) is 5.38 Å². The Bertz CT molecular complexity index is 415. The van der Waals surface area contributed by atoms with Gasteiger partial charge in [0, 0.05) is 13.6 Å². The Balaban J connectivity index is 2.03. The first-order valence-electron chi connectivity index (χ1n) is 5.90. The molecule has 1 atom stereocenters. The molecular formula is C12H16N2OS. The summed E-state index contributed by atoms with van der Waals surface area (Å²) in [6.07, 6.45) is 5.03. The summed E-state index contributed by atoms with van der Waals surface area (Å²) in [5, 5.41) is 2.02. The molecule has 0 spiro atoms. The van der Waals surface area contributed by atoms with E-state index in [-0.39, 0.29) is 12.1 Å². The Morgan fingerprint density at radius 1 is 1.38 bits per heavy atom. The quantitative estimate of drug-likeness (QED) is 0.691. The van der Waals surface area contributed by atoms with Gasteiger partial charge in [0.2, 0.25) is 0 Å². The highest BCUT2D eigenvalue weighted by molar-refractivity contribution is 7.12. The van der Waals surface area contributed by atoms with Crippen molar-refractivity contribution in [3.05, 3.63) is 16.3 Å². The lowest BCUT2D eigenvalue weighted by molar-refractivity contribution is 0.0668. The van der Waals surface area contributed by atoms with Crippen LogP contribution in [0.25, 0.3) is 0 Å². The van der Waals surface area contributed by atoms with E-state index in [2.05, 4.69) is 22.9 Å². The Morgan fingerprint density at radius 2 is 2.25 bits per heavy atom. The Morgan fingerprint density at radius 3 is 3.12 bits per heavy atom. The number of hydrogen-bond donors (Lipinski definition) is 0. The first kappa shape index (κ1) is 10.1. The molecule has 0 radical (unpaired) electrons. The molecule has 0 bridgehead atoms. The van der Waals surface area contributed by atoms with Crippen molar-refractivity contribution >= 4 is 22.9 Å². The van der Waals surface area contributed by atoms with Gasteiger partial charge in [0.15, 0.2) is 0 Å². The van der Waals surface area contributed by atoms with Gasteiger partial charge in [0.05, 0.1) is 5.69 Å². The zero-order valence-electron chi connectivity index (χ0n) is 9.48. The van der Waals surface area contributed by atoms with Crippen molar-refractivity contribution in [2.24, 2.45) is 0 Å². The molecule has 3 heterocycles. The van der Waals surface area contributed by atoms with Crippen LogP contribution in [0.2, 0.25) is 0 Å². The van der Waals surface area contributed by atoms with Gasteiger partial charge >= 0.3 is 0 Å². The number of nitrogens with zero attached hydrogens (tertiary/aromatic N) is 2. The maximum atomic E-state index is 12.3. The Labute approximate surface area is 99.7 Å². The first-order valence-corrected chi connectivity index (χ1v) is 6.78. The van der Waals surface area contributed by atoms with Crippen LogP contribution in [0.15, 0.2) is 11.4 Å². The number of rotatable bonds is 0. The molecule has 16 heavy (non-hydrogen) atoms. The van der Waals surface area contributed by atoms with E-state index in [1.165, 1.54) is 12.8 Å². The molecule has 1 fully saturated rings. The number of carbonyl (C=O) groups is 1. The van der Waals surface area contributed by atoms with Gasteiger partial charge < -0.3 is 9.80 Å². The van der Waals surface area contributed by atoms with Crippen LogP contribution in [0.3, 0.4) is 0 Å². The maximum Gasteiger partial charge on any atom is 0.267 e. The van der Waals surface area contributed by atoms with Gasteiger partial charge in [0.1, 0.15) is 11.0 Å². The number of hydrogen-bond acceptors (Lipinski definition) is 3. The van der Waals surface area contributed by atoms with Gasteiger partial charge in [-0.05, 0) is 30.7 Å². The zero-order valence-corrected chi connectivity index (χ0v) is 10.3. The molecule has 0 aliphatic carbocycles. The molecule has 1 saturated heterocycles. The van der Waals surface area contributed by atoms with Gasteiger partial charge in [0.25, 0.3) is 5.91 Å². The van der Waals surface area contributed by atoms with Gasteiger partial charge in [-0.2, -0.15) is 0 Å². The summed E-state index contributed by atoms with van der Waals surface area (Å²) in [5.74, 6) is 0.245. The van der Waals surface area contributed by atoms with Gasteiger partial charge in [-0.3, -0.25) is 4.79 Å². The summed E-state index contributed by atoms with van der Waals surface area (Å²) in [5.41, 5.74) is 1.12. The minimum atomic E-state index is 0.245. The van der Waals surface area contributed by atoms with Crippen molar-refractivity contribution < 1.29 is 4.79 Å². The predicted molar refractivity (Wildman–Crippen MR) is 66.0 cm³/mol. The monoisotopic (exact) mass is 236 g/mol. The molecule has 2 aliphatic heterocycles. The number of carbonyl (C=O) groups excluding carboxylic acids is 1. The minimum absolute atomic E-state index is 0.245. The molecule has 4 heteroatoms. The van der Waals surface area contributed by atoms with Crippen LogP contribution in [0, 0.1) is 0 Å². The number of thiophene rings is 1. The summed E-state index contributed by atoms with van der Waals surface area (Å²) in [6.45, 7) is 0.922. The molecule has 0 N–H and O–H groups in total. The van der Waals surface area contributed by atoms with Crippen molar-refractivity contribution in [1.82, 2.24) is 4.90 Å². The van der Waals surface area contributed by atoms with Gasteiger partial charge in [-0.1, -0.05) is 6.42 Å². The van der Waals surface area contributed by atoms with E-state index >= 15 is 0 Å². The average Bonchev–Trinajstić information content (AvgIpc) is 2.64. The third-order valence-electron chi connectivity index (χ3n) is 3.65. The average molecular weight is 236 g/mol. The van der Waals surface area contributed by atoms with Crippen LogP contribution in [-0.4, -0.2) is 30.6 Å². The van der Waals surface area contributed by atoms with Crippen molar-refractivity contribution in [1.29, 1.82) is 0 Å². The number of amides is 1. The molecule has 1 aromatic heterocycles. The normalized spacial score (nSPS) is 25.1. The molecule has 2 aliphatic rings. The molecule has 0 aromatic carbocycles. The molecule has 0 unspecified atom stereocenters. The standard InChI is InChI=1S/C12H16N2OS/c1-13-9-6-8-16-11(9)12(15)14-7-4-2-3-5-10(13)14/h6,8,10H,2-5,7H2,1H3/t10-/m0/s1. The van der Waals surface area contributed by atoms with E-state index in [4.69, 9.17) is 0 Å². The van der Waals surface area contributed by atoms with E-state index in [9.17, 15) is 4.79 Å². The topological polar surface area (TPSA) is 23.6 Å². The van der Waals surface area contributed by atoms with E-state index < -0.39 is 0 Å². The Hall–Kier alpha value is -1.03. The highest BCUT2D eigenvalue weighted by Gasteiger charge is 2.36. The van der Waals surface area contributed by atoms with Gasteiger partial charge in [-0.25, -0.2) is 0 Å². The van der Waals surface area contributed by atoms with Gasteiger partial charge in [-0.15, -0.1) is 11.3 Å². The number of anilines is 1. The van der Waals surface area contributed by atoms with Crippen molar-refractivity contribution in [3.8, 4) is 0 Å². The molecule has 0 saturated carbocycles. The highest BCUT2D eigenvalue weighted by Crippen LogP contribution is 2.36.